The minimum absolute atomic E-state index is 0.00303. The Bertz CT molecular complexity index is 569. The van der Waals surface area contributed by atoms with Gasteiger partial charge >= 0.3 is 0 Å². The highest BCUT2D eigenvalue weighted by atomic mass is 79.9. The van der Waals surface area contributed by atoms with Gasteiger partial charge in [-0.05, 0) is 30.0 Å². The van der Waals surface area contributed by atoms with Crippen molar-refractivity contribution in [3.8, 4) is 0 Å². The van der Waals surface area contributed by atoms with Crippen LogP contribution in [-0.2, 0) is 4.79 Å². The number of carbonyl (C=O) groups is 1. The summed E-state index contributed by atoms with van der Waals surface area (Å²) in [5.74, 6) is 0.742. The Kier molecular flexibility index (Phi) is 2.87. The molecule has 1 heterocycles. The average Bonchev–Trinajstić information content (AvgIpc) is 3.01. The van der Waals surface area contributed by atoms with Crippen LogP contribution in [0.5, 0.6) is 0 Å². The van der Waals surface area contributed by atoms with Gasteiger partial charge in [-0.25, -0.2) is 5.10 Å². The SMILES string of the molecule is O=C(Nc1ncn[nH]1)[C@H]1C[C@@H]1c1cccc(Br)c1. The van der Waals surface area contributed by atoms with Gasteiger partial charge in [0, 0.05) is 10.4 Å². The molecular weight excluding hydrogens is 296 g/mol. The maximum atomic E-state index is 11.9. The Labute approximate surface area is 112 Å². The fraction of sp³-hybridized carbons (Fsp3) is 0.250. The Balaban J connectivity index is 1.65. The number of nitrogens with zero attached hydrogens (tertiary/aromatic N) is 2. The summed E-state index contributed by atoms with van der Waals surface area (Å²) < 4.78 is 1.04. The molecule has 0 spiro atoms. The van der Waals surface area contributed by atoms with Gasteiger partial charge in [0.05, 0.1) is 0 Å². The number of aromatic nitrogens is 3. The topological polar surface area (TPSA) is 70.7 Å². The van der Waals surface area contributed by atoms with Crippen LogP contribution >= 0.6 is 15.9 Å². The second-order valence-corrected chi connectivity index (χ2v) is 5.24. The quantitative estimate of drug-likeness (QED) is 0.914. The number of benzene rings is 1. The smallest absolute Gasteiger partial charge is 0.230 e. The van der Waals surface area contributed by atoms with E-state index >= 15 is 0 Å². The molecule has 1 aromatic heterocycles. The number of hydrogen-bond donors (Lipinski definition) is 2. The normalized spacial score (nSPS) is 21.6. The number of aromatic amines is 1. The van der Waals surface area contributed by atoms with Gasteiger partial charge in [-0.3, -0.25) is 10.1 Å². The van der Waals surface area contributed by atoms with Crippen molar-refractivity contribution >= 4 is 27.8 Å². The van der Waals surface area contributed by atoms with Crippen LogP contribution in [0.2, 0.25) is 0 Å². The molecule has 0 unspecified atom stereocenters. The van der Waals surface area contributed by atoms with Crippen molar-refractivity contribution in [3.05, 3.63) is 40.6 Å². The van der Waals surface area contributed by atoms with Crippen LogP contribution in [-0.4, -0.2) is 21.1 Å². The van der Waals surface area contributed by atoms with Crippen molar-refractivity contribution in [1.29, 1.82) is 0 Å². The molecule has 0 aliphatic heterocycles. The van der Waals surface area contributed by atoms with E-state index in [0.29, 0.717) is 11.9 Å². The summed E-state index contributed by atoms with van der Waals surface area (Å²) in [5, 5.41) is 9.02. The first-order valence-corrected chi connectivity index (χ1v) is 6.45. The summed E-state index contributed by atoms with van der Waals surface area (Å²) in [6.45, 7) is 0. The van der Waals surface area contributed by atoms with E-state index in [1.807, 2.05) is 12.1 Å². The van der Waals surface area contributed by atoms with E-state index < -0.39 is 0 Å². The summed E-state index contributed by atoms with van der Waals surface area (Å²) in [4.78, 5) is 15.8. The minimum Gasteiger partial charge on any atom is -0.295 e. The van der Waals surface area contributed by atoms with E-state index in [1.54, 1.807) is 0 Å². The number of nitrogens with one attached hydrogen (secondary N) is 2. The van der Waals surface area contributed by atoms with Gasteiger partial charge < -0.3 is 0 Å². The van der Waals surface area contributed by atoms with Crippen LogP contribution in [0.25, 0.3) is 0 Å². The van der Waals surface area contributed by atoms with Gasteiger partial charge in [0.2, 0.25) is 11.9 Å². The molecule has 1 aromatic carbocycles. The third-order valence-corrected chi connectivity index (χ3v) is 3.55. The van der Waals surface area contributed by atoms with E-state index in [-0.39, 0.29) is 11.8 Å². The lowest BCUT2D eigenvalue weighted by Gasteiger charge is -2.02. The number of anilines is 1. The van der Waals surface area contributed by atoms with E-state index in [0.717, 1.165) is 10.9 Å². The van der Waals surface area contributed by atoms with Crippen LogP contribution in [0.15, 0.2) is 35.1 Å². The molecule has 92 valence electrons. The molecule has 0 radical (unpaired) electrons. The van der Waals surface area contributed by atoms with Crippen LogP contribution in [0.1, 0.15) is 17.9 Å². The van der Waals surface area contributed by atoms with Crippen molar-refractivity contribution in [2.24, 2.45) is 5.92 Å². The molecule has 0 saturated heterocycles. The molecule has 1 aliphatic rings. The highest BCUT2D eigenvalue weighted by molar-refractivity contribution is 9.10. The fourth-order valence-corrected chi connectivity index (χ4v) is 2.48. The lowest BCUT2D eigenvalue weighted by Crippen LogP contribution is -2.15. The van der Waals surface area contributed by atoms with Crippen LogP contribution in [0.4, 0.5) is 5.95 Å². The summed E-state index contributed by atoms with van der Waals surface area (Å²) in [6.07, 6.45) is 2.25. The number of H-pyrrole nitrogens is 1. The molecule has 1 amide bonds. The van der Waals surface area contributed by atoms with Gasteiger partial charge in [0.25, 0.3) is 0 Å². The van der Waals surface area contributed by atoms with Gasteiger partial charge in [-0.15, -0.1) is 0 Å². The molecule has 1 saturated carbocycles. The lowest BCUT2D eigenvalue weighted by atomic mass is 10.1. The number of rotatable bonds is 3. The van der Waals surface area contributed by atoms with Crippen molar-refractivity contribution in [2.45, 2.75) is 12.3 Å². The van der Waals surface area contributed by atoms with Crippen molar-refractivity contribution < 1.29 is 4.79 Å². The third kappa shape index (κ3) is 2.28. The molecule has 1 aliphatic carbocycles. The second-order valence-electron chi connectivity index (χ2n) is 4.33. The molecule has 1 fully saturated rings. The molecule has 5 nitrogen and oxygen atoms in total. The number of amides is 1. The van der Waals surface area contributed by atoms with Crippen molar-refractivity contribution in [1.82, 2.24) is 15.2 Å². The van der Waals surface area contributed by atoms with Gasteiger partial charge in [0.15, 0.2) is 0 Å². The molecule has 2 aromatic rings. The fourth-order valence-electron chi connectivity index (χ4n) is 2.07. The summed E-state index contributed by atoms with van der Waals surface area (Å²) in [5.41, 5.74) is 1.20. The van der Waals surface area contributed by atoms with Crippen LogP contribution in [0.3, 0.4) is 0 Å². The maximum Gasteiger partial charge on any atom is 0.230 e. The zero-order chi connectivity index (χ0) is 12.5. The summed E-state index contributed by atoms with van der Waals surface area (Å²) in [7, 11) is 0. The molecule has 6 heteroatoms. The summed E-state index contributed by atoms with van der Waals surface area (Å²) >= 11 is 3.44. The highest BCUT2D eigenvalue weighted by Gasteiger charge is 2.44. The Morgan fingerprint density at radius 1 is 1.50 bits per heavy atom. The van der Waals surface area contributed by atoms with E-state index in [4.69, 9.17) is 0 Å². The molecule has 18 heavy (non-hydrogen) atoms. The number of carbonyl (C=O) groups excluding carboxylic acids is 1. The van der Waals surface area contributed by atoms with Crippen molar-refractivity contribution in [3.63, 3.8) is 0 Å². The van der Waals surface area contributed by atoms with Crippen molar-refractivity contribution in [2.75, 3.05) is 5.32 Å². The Morgan fingerprint density at radius 3 is 3.11 bits per heavy atom. The standard InChI is InChI=1S/C12H11BrN4O/c13-8-3-1-2-7(4-8)9-5-10(9)11(18)16-12-14-6-15-17-12/h1-4,6,9-10H,5H2,(H2,14,15,16,17,18)/t9-,10+/m1/s1. The summed E-state index contributed by atoms with van der Waals surface area (Å²) in [6, 6.07) is 8.09. The first kappa shape index (κ1) is 11.4. The zero-order valence-corrected chi connectivity index (χ0v) is 11.0. The first-order chi connectivity index (χ1) is 8.74. The Hall–Kier alpha value is -1.69. The molecule has 2 atom stereocenters. The van der Waals surface area contributed by atoms with Gasteiger partial charge in [-0.2, -0.15) is 10.1 Å². The number of hydrogen-bond acceptors (Lipinski definition) is 3. The highest BCUT2D eigenvalue weighted by Crippen LogP contribution is 2.48. The molecule has 2 N–H and O–H groups in total. The predicted molar refractivity (Wildman–Crippen MR) is 70.0 cm³/mol. The molecule has 3 rings (SSSR count). The van der Waals surface area contributed by atoms with Gasteiger partial charge in [0.1, 0.15) is 6.33 Å². The molecule has 0 bridgehead atoms. The predicted octanol–water partition coefficient (Wildman–Crippen LogP) is 2.31. The van der Waals surface area contributed by atoms with Gasteiger partial charge in [-0.1, -0.05) is 28.1 Å². The first-order valence-electron chi connectivity index (χ1n) is 5.66. The Morgan fingerprint density at radius 2 is 2.39 bits per heavy atom. The zero-order valence-electron chi connectivity index (χ0n) is 9.43. The van der Waals surface area contributed by atoms with E-state index in [2.05, 4.69) is 48.6 Å². The average molecular weight is 307 g/mol. The molecular formula is C12H11BrN4O. The van der Waals surface area contributed by atoms with Crippen LogP contribution in [0, 0.1) is 5.92 Å². The largest absolute Gasteiger partial charge is 0.295 e. The monoisotopic (exact) mass is 306 g/mol. The number of halogens is 1. The lowest BCUT2D eigenvalue weighted by molar-refractivity contribution is -0.117. The second kappa shape index (κ2) is 4.53. The van der Waals surface area contributed by atoms with E-state index in [9.17, 15) is 4.79 Å². The maximum absolute atomic E-state index is 11.9. The third-order valence-electron chi connectivity index (χ3n) is 3.06. The van der Waals surface area contributed by atoms with E-state index in [1.165, 1.54) is 11.9 Å². The van der Waals surface area contributed by atoms with Crippen LogP contribution < -0.4 is 5.32 Å². The minimum atomic E-state index is -0.00303.